The Morgan fingerprint density at radius 1 is 1.44 bits per heavy atom. The van der Waals surface area contributed by atoms with Gasteiger partial charge in [-0.3, -0.25) is 4.79 Å². The lowest BCUT2D eigenvalue weighted by molar-refractivity contribution is 0.574. The van der Waals surface area contributed by atoms with Gasteiger partial charge in [-0.1, -0.05) is 0 Å². The molecule has 0 saturated carbocycles. The van der Waals surface area contributed by atoms with Gasteiger partial charge in [0, 0.05) is 18.8 Å². The van der Waals surface area contributed by atoms with Gasteiger partial charge in [0.1, 0.15) is 0 Å². The number of hydrogen-bond donors (Lipinski definition) is 1. The fraction of sp³-hybridized carbons (Fsp3) is 0.300. The molecule has 2 heterocycles. The van der Waals surface area contributed by atoms with E-state index in [4.69, 9.17) is 5.73 Å². The highest BCUT2D eigenvalue weighted by atomic mass is 16.1. The molecular formula is C10H13N5O. The van der Waals surface area contributed by atoms with Crippen molar-refractivity contribution in [2.45, 2.75) is 13.5 Å². The van der Waals surface area contributed by atoms with Crippen molar-refractivity contribution in [2.75, 3.05) is 6.54 Å². The van der Waals surface area contributed by atoms with Crippen molar-refractivity contribution in [1.82, 2.24) is 19.6 Å². The van der Waals surface area contributed by atoms with Crippen molar-refractivity contribution in [2.24, 2.45) is 5.73 Å². The van der Waals surface area contributed by atoms with Crippen LogP contribution in [0.2, 0.25) is 0 Å². The molecule has 0 amide bonds. The van der Waals surface area contributed by atoms with E-state index in [0.29, 0.717) is 18.9 Å². The molecule has 2 aromatic rings. The van der Waals surface area contributed by atoms with Crippen LogP contribution in [0.1, 0.15) is 5.56 Å². The molecule has 0 atom stereocenters. The van der Waals surface area contributed by atoms with E-state index in [-0.39, 0.29) is 5.56 Å². The monoisotopic (exact) mass is 219 g/mol. The van der Waals surface area contributed by atoms with Gasteiger partial charge in [-0.2, -0.15) is 5.10 Å². The SMILES string of the molecule is Cc1cnn(-c2ccc(=O)n(CCN)n2)c1. The number of nitrogens with zero attached hydrogens (tertiary/aromatic N) is 4. The van der Waals surface area contributed by atoms with Crippen molar-refractivity contribution in [3.8, 4) is 5.82 Å². The van der Waals surface area contributed by atoms with E-state index in [0.717, 1.165) is 5.56 Å². The molecule has 0 spiro atoms. The minimum absolute atomic E-state index is 0.155. The number of hydrogen-bond acceptors (Lipinski definition) is 4. The molecule has 0 radical (unpaired) electrons. The Labute approximate surface area is 92.3 Å². The maximum Gasteiger partial charge on any atom is 0.266 e. The highest BCUT2D eigenvalue weighted by Gasteiger charge is 2.02. The second-order valence-electron chi connectivity index (χ2n) is 3.50. The standard InChI is InChI=1S/C10H13N5O/c1-8-6-12-15(7-8)9-2-3-10(16)14(13-9)5-4-11/h2-3,6-7H,4-5,11H2,1H3. The van der Waals surface area contributed by atoms with Gasteiger partial charge in [-0.15, -0.1) is 5.10 Å². The van der Waals surface area contributed by atoms with Crippen molar-refractivity contribution in [1.29, 1.82) is 0 Å². The van der Waals surface area contributed by atoms with Gasteiger partial charge in [0.25, 0.3) is 5.56 Å². The number of aryl methyl sites for hydroxylation is 1. The predicted molar refractivity (Wildman–Crippen MR) is 59.4 cm³/mol. The molecule has 6 nitrogen and oxygen atoms in total. The largest absolute Gasteiger partial charge is 0.329 e. The fourth-order valence-corrected chi connectivity index (χ4v) is 1.38. The molecule has 0 aliphatic heterocycles. The van der Waals surface area contributed by atoms with Gasteiger partial charge in [0.15, 0.2) is 5.82 Å². The second kappa shape index (κ2) is 4.28. The normalized spacial score (nSPS) is 10.6. The molecule has 2 rings (SSSR count). The fourth-order valence-electron chi connectivity index (χ4n) is 1.38. The minimum Gasteiger partial charge on any atom is -0.329 e. The van der Waals surface area contributed by atoms with Crippen LogP contribution in [-0.4, -0.2) is 26.1 Å². The van der Waals surface area contributed by atoms with E-state index in [1.165, 1.54) is 10.7 Å². The van der Waals surface area contributed by atoms with E-state index in [9.17, 15) is 4.79 Å². The third kappa shape index (κ3) is 2.01. The zero-order valence-corrected chi connectivity index (χ0v) is 9.00. The number of nitrogens with two attached hydrogens (primary N) is 1. The van der Waals surface area contributed by atoms with Gasteiger partial charge < -0.3 is 5.73 Å². The number of aromatic nitrogens is 4. The summed E-state index contributed by atoms with van der Waals surface area (Å²) in [6, 6.07) is 3.11. The molecule has 6 heteroatoms. The Kier molecular flexibility index (Phi) is 2.82. The highest BCUT2D eigenvalue weighted by Crippen LogP contribution is 2.01. The van der Waals surface area contributed by atoms with Crippen molar-refractivity contribution in [3.05, 3.63) is 40.4 Å². The van der Waals surface area contributed by atoms with E-state index in [2.05, 4.69) is 10.2 Å². The van der Waals surface area contributed by atoms with Crippen LogP contribution in [0.3, 0.4) is 0 Å². The first-order valence-electron chi connectivity index (χ1n) is 5.00. The molecule has 0 bridgehead atoms. The zero-order chi connectivity index (χ0) is 11.5. The van der Waals surface area contributed by atoms with Crippen LogP contribution in [0.25, 0.3) is 5.82 Å². The van der Waals surface area contributed by atoms with Gasteiger partial charge in [0.05, 0.1) is 12.7 Å². The summed E-state index contributed by atoms with van der Waals surface area (Å²) in [6.45, 7) is 2.74. The van der Waals surface area contributed by atoms with Crippen LogP contribution in [0.5, 0.6) is 0 Å². The van der Waals surface area contributed by atoms with Crippen molar-refractivity contribution >= 4 is 0 Å². The maximum absolute atomic E-state index is 11.4. The summed E-state index contributed by atoms with van der Waals surface area (Å²) in [6.07, 6.45) is 3.58. The number of rotatable bonds is 3. The lowest BCUT2D eigenvalue weighted by Crippen LogP contribution is -2.26. The lowest BCUT2D eigenvalue weighted by Gasteiger charge is -2.04. The van der Waals surface area contributed by atoms with Crippen LogP contribution in [0.4, 0.5) is 0 Å². The zero-order valence-electron chi connectivity index (χ0n) is 9.00. The molecule has 84 valence electrons. The molecule has 0 unspecified atom stereocenters. The molecule has 0 aromatic carbocycles. The Hall–Kier alpha value is -1.95. The van der Waals surface area contributed by atoms with Gasteiger partial charge in [-0.05, 0) is 18.6 Å². The van der Waals surface area contributed by atoms with E-state index >= 15 is 0 Å². The summed E-state index contributed by atoms with van der Waals surface area (Å²) >= 11 is 0. The quantitative estimate of drug-likeness (QED) is 0.768. The van der Waals surface area contributed by atoms with Crippen LogP contribution < -0.4 is 11.3 Å². The Morgan fingerprint density at radius 2 is 2.25 bits per heavy atom. The van der Waals surface area contributed by atoms with E-state index < -0.39 is 0 Å². The average molecular weight is 219 g/mol. The second-order valence-corrected chi connectivity index (χ2v) is 3.50. The molecule has 2 aromatic heterocycles. The minimum atomic E-state index is -0.155. The summed E-state index contributed by atoms with van der Waals surface area (Å²) in [4.78, 5) is 11.4. The van der Waals surface area contributed by atoms with Gasteiger partial charge in [0.2, 0.25) is 0 Å². The smallest absolute Gasteiger partial charge is 0.266 e. The topological polar surface area (TPSA) is 78.7 Å². The van der Waals surface area contributed by atoms with Crippen LogP contribution in [-0.2, 0) is 6.54 Å². The van der Waals surface area contributed by atoms with Crippen LogP contribution in [0.15, 0.2) is 29.3 Å². The molecule has 0 fully saturated rings. The molecule has 0 aliphatic rings. The lowest BCUT2D eigenvalue weighted by atomic mass is 10.4. The van der Waals surface area contributed by atoms with Crippen LogP contribution in [0, 0.1) is 6.92 Å². The maximum atomic E-state index is 11.4. The summed E-state index contributed by atoms with van der Waals surface area (Å²) < 4.78 is 2.97. The molecule has 2 N–H and O–H groups in total. The average Bonchev–Trinajstić information content (AvgIpc) is 2.69. The third-order valence-corrected chi connectivity index (χ3v) is 2.14. The Bertz CT molecular complexity index is 542. The third-order valence-electron chi connectivity index (χ3n) is 2.14. The summed E-state index contributed by atoms with van der Waals surface area (Å²) in [5.41, 5.74) is 6.29. The summed E-state index contributed by atoms with van der Waals surface area (Å²) in [5, 5.41) is 8.29. The van der Waals surface area contributed by atoms with Gasteiger partial charge >= 0.3 is 0 Å². The summed E-state index contributed by atoms with van der Waals surface area (Å²) in [5.74, 6) is 0.612. The first-order chi connectivity index (χ1) is 7.70. The molecule has 0 aliphatic carbocycles. The molecule has 0 saturated heterocycles. The van der Waals surface area contributed by atoms with Gasteiger partial charge in [-0.25, -0.2) is 9.36 Å². The first kappa shape index (κ1) is 10.6. The Balaban J connectivity index is 2.43. The molecular weight excluding hydrogens is 206 g/mol. The van der Waals surface area contributed by atoms with E-state index in [1.807, 2.05) is 13.1 Å². The van der Waals surface area contributed by atoms with Crippen LogP contribution >= 0.6 is 0 Å². The predicted octanol–water partition coefficient (Wildman–Crippen LogP) is -0.304. The molecule has 16 heavy (non-hydrogen) atoms. The van der Waals surface area contributed by atoms with Crippen molar-refractivity contribution in [3.63, 3.8) is 0 Å². The summed E-state index contributed by atoms with van der Waals surface area (Å²) in [7, 11) is 0. The Morgan fingerprint density at radius 3 is 2.88 bits per heavy atom. The first-order valence-corrected chi connectivity index (χ1v) is 5.00. The van der Waals surface area contributed by atoms with E-state index in [1.54, 1.807) is 16.9 Å². The van der Waals surface area contributed by atoms with Crippen molar-refractivity contribution < 1.29 is 0 Å². The highest BCUT2D eigenvalue weighted by molar-refractivity contribution is 5.19.